The average Bonchev–Trinajstić information content (AvgIpc) is 2.45. The number of nitrogens with zero attached hydrogens (tertiary/aromatic N) is 2. The maximum Gasteiger partial charge on any atom is 0.162 e. The van der Waals surface area contributed by atoms with Crippen LogP contribution in [0.5, 0.6) is 0 Å². The molecule has 1 aromatic rings. The Balaban J connectivity index is 2.22. The van der Waals surface area contributed by atoms with E-state index in [1.54, 1.807) is 18.5 Å². The van der Waals surface area contributed by atoms with Gasteiger partial charge < -0.3 is 5.32 Å². The normalized spacial score (nSPS) is 23.3. The predicted molar refractivity (Wildman–Crippen MR) is 88.5 cm³/mol. The summed E-state index contributed by atoms with van der Waals surface area (Å²) >= 11 is 6.31. The number of ketones is 1. The molecule has 4 nitrogen and oxygen atoms in total. The summed E-state index contributed by atoms with van der Waals surface area (Å²) in [6.07, 6.45) is 4.46. The van der Waals surface area contributed by atoms with Gasteiger partial charge in [0.2, 0.25) is 0 Å². The summed E-state index contributed by atoms with van der Waals surface area (Å²) in [7, 11) is 0. The highest BCUT2D eigenvalue weighted by Crippen LogP contribution is 2.47. The zero-order chi connectivity index (χ0) is 16.8. The highest BCUT2D eigenvalue weighted by Gasteiger charge is 2.41. The standard InChI is InChI=1S/C18H18ClN3O/c1-10-12(8-20)16(11-4-5-21-9-13(11)19)17-14(22-10)6-18(2,3)7-15(17)23/h4-5,9,16,22H,6-7H2,1-3H3/t16-/m0/s1. The fraction of sp³-hybridized carbons (Fsp3) is 0.389. The van der Waals surface area contributed by atoms with Crippen molar-refractivity contribution in [2.24, 2.45) is 5.41 Å². The number of hydrogen-bond donors (Lipinski definition) is 1. The fourth-order valence-electron chi connectivity index (χ4n) is 3.52. The van der Waals surface area contributed by atoms with Crippen LogP contribution in [0, 0.1) is 16.7 Å². The topological polar surface area (TPSA) is 65.8 Å². The van der Waals surface area contributed by atoms with Crippen molar-refractivity contribution in [2.45, 2.75) is 39.5 Å². The zero-order valence-corrected chi connectivity index (χ0v) is 14.2. The Hall–Kier alpha value is -2.12. The minimum Gasteiger partial charge on any atom is -0.361 e. The van der Waals surface area contributed by atoms with Crippen LogP contribution in [-0.2, 0) is 4.79 Å². The smallest absolute Gasteiger partial charge is 0.162 e. The molecule has 0 saturated heterocycles. The van der Waals surface area contributed by atoms with Crippen LogP contribution in [0.4, 0.5) is 0 Å². The number of dihydropyridines is 1. The van der Waals surface area contributed by atoms with E-state index in [9.17, 15) is 10.1 Å². The Morgan fingerprint density at radius 1 is 1.43 bits per heavy atom. The molecular formula is C18H18ClN3O. The van der Waals surface area contributed by atoms with Gasteiger partial charge in [0.15, 0.2) is 5.78 Å². The lowest BCUT2D eigenvalue weighted by molar-refractivity contribution is -0.118. The van der Waals surface area contributed by atoms with E-state index in [2.05, 4.69) is 30.2 Å². The van der Waals surface area contributed by atoms with Gasteiger partial charge in [-0.3, -0.25) is 9.78 Å². The highest BCUT2D eigenvalue weighted by molar-refractivity contribution is 6.31. The first-order chi connectivity index (χ1) is 10.8. The molecule has 23 heavy (non-hydrogen) atoms. The van der Waals surface area contributed by atoms with Gasteiger partial charge in [0.25, 0.3) is 0 Å². The Labute approximate surface area is 140 Å². The molecule has 0 spiro atoms. The van der Waals surface area contributed by atoms with Gasteiger partial charge in [-0.2, -0.15) is 5.26 Å². The molecule has 5 heteroatoms. The largest absolute Gasteiger partial charge is 0.361 e. The Kier molecular flexibility index (Phi) is 3.77. The van der Waals surface area contributed by atoms with Crippen molar-refractivity contribution in [3.8, 4) is 6.07 Å². The Morgan fingerprint density at radius 3 is 2.83 bits per heavy atom. The summed E-state index contributed by atoms with van der Waals surface area (Å²) in [5, 5.41) is 13.4. The van der Waals surface area contributed by atoms with Gasteiger partial charge in [-0.15, -0.1) is 0 Å². The van der Waals surface area contributed by atoms with Crippen LogP contribution in [0.3, 0.4) is 0 Å². The second-order valence-corrected chi connectivity index (χ2v) is 7.35. The van der Waals surface area contributed by atoms with Crippen molar-refractivity contribution in [3.63, 3.8) is 0 Å². The molecule has 0 unspecified atom stereocenters. The maximum absolute atomic E-state index is 12.8. The molecule has 0 fully saturated rings. The molecule has 1 aromatic heterocycles. The third-order valence-corrected chi connectivity index (χ3v) is 4.79. The van der Waals surface area contributed by atoms with Crippen LogP contribution in [0.2, 0.25) is 5.02 Å². The number of pyridine rings is 1. The third kappa shape index (κ3) is 2.66. The lowest BCUT2D eigenvalue weighted by atomic mass is 9.69. The van der Waals surface area contributed by atoms with Gasteiger partial charge >= 0.3 is 0 Å². The second kappa shape index (κ2) is 5.50. The molecule has 0 bridgehead atoms. The van der Waals surface area contributed by atoms with E-state index in [-0.39, 0.29) is 11.2 Å². The van der Waals surface area contributed by atoms with Gasteiger partial charge in [-0.25, -0.2) is 0 Å². The molecule has 2 heterocycles. The number of carbonyl (C=O) groups is 1. The first kappa shape index (κ1) is 15.8. The van der Waals surface area contributed by atoms with E-state index in [0.29, 0.717) is 22.6 Å². The van der Waals surface area contributed by atoms with Crippen LogP contribution in [0.15, 0.2) is 41.0 Å². The molecule has 1 atom stereocenters. The van der Waals surface area contributed by atoms with E-state index in [0.717, 1.165) is 23.4 Å². The molecule has 0 radical (unpaired) electrons. The average molecular weight is 328 g/mol. The summed E-state index contributed by atoms with van der Waals surface area (Å²) in [5.41, 5.74) is 3.61. The lowest BCUT2D eigenvalue weighted by Gasteiger charge is -2.38. The quantitative estimate of drug-likeness (QED) is 0.850. The van der Waals surface area contributed by atoms with Crippen molar-refractivity contribution in [1.29, 1.82) is 5.26 Å². The molecule has 118 valence electrons. The molecule has 0 amide bonds. The van der Waals surface area contributed by atoms with Crippen molar-refractivity contribution in [1.82, 2.24) is 10.3 Å². The maximum atomic E-state index is 12.8. The number of nitrogens with one attached hydrogen (secondary N) is 1. The summed E-state index contributed by atoms with van der Waals surface area (Å²) in [6, 6.07) is 4.05. The van der Waals surface area contributed by atoms with Crippen LogP contribution in [0.1, 0.15) is 45.1 Å². The number of halogens is 1. The minimum atomic E-state index is -0.407. The number of aromatic nitrogens is 1. The lowest BCUT2D eigenvalue weighted by Crippen LogP contribution is -2.36. The monoisotopic (exact) mass is 327 g/mol. The van der Waals surface area contributed by atoms with E-state index < -0.39 is 5.92 Å². The number of carbonyl (C=O) groups excluding carboxylic acids is 1. The Bertz CT molecular complexity index is 799. The summed E-state index contributed by atoms with van der Waals surface area (Å²) in [6.45, 7) is 6.05. The molecule has 1 N–H and O–H groups in total. The third-order valence-electron chi connectivity index (χ3n) is 4.47. The second-order valence-electron chi connectivity index (χ2n) is 6.94. The van der Waals surface area contributed by atoms with Crippen LogP contribution >= 0.6 is 11.6 Å². The van der Waals surface area contributed by atoms with Crippen LogP contribution in [0.25, 0.3) is 0 Å². The Morgan fingerprint density at radius 2 is 2.17 bits per heavy atom. The molecular weight excluding hydrogens is 310 g/mol. The SMILES string of the molecule is CC1=C(C#N)[C@H](c2ccncc2Cl)C2=C(CC(C)(C)CC2=O)N1. The van der Waals surface area contributed by atoms with Gasteiger partial charge in [0.05, 0.1) is 22.6 Å². The highest BCUT2D eigenvalue weighted by atomic mass is 35.5. The molecule has 0 saturated carbocycles. The van der Waals surface area contributed by atoms with Gasteiger partial charge in [0.1, 0.15) is 0 Å². The number of rotatable bonds is 1. The molecule has 3 rings (SSSR count). The van der Waals surface area contributed by atoms with Crippen molar-refractivity contribution in [3.05, 3.63) is 51.6 Å². The van der Waals surface area contributed by atoms with Gasteiger partial charge in [0, 0.05) is 35.8 Å². The minimum absolute atomic E-state index is 0.0834. The summed E-state index contributed by atoms with van der Waals surface area (Å²) in [5.74, 6) is -0.322. The van der Waals surface area contributed by atoms with E-state index in [4.69, 9.17) is 11.6 Å². The van der Waals surface area contributed by atoms with Gasteiger partial charge in [-0.1, -0.05) is 25.4 Å². The first-order valence-corrected chi connectivity index (χ1v) is 7.95. The van der Waals surface area contributed by atoms with E-state index in [1.165, 1.54) is 0 Å². The van der Waals surface area contributed by atoms with Crippen molar-refractivity contribution >= 4 is 17.4 Å². The van der Waals surface area contributed by atoms with E-state index >= 15 is 0 Å². The molecule has 1 aliphatic heterocycles. The van der Waals surface area contributed by atoms with E-state index in [1.807, 2.05) is 6.92 Å². The summed E-state index contributed by atoms with van der Waals surface area (Å²) in [4.78, 5) is 16.8. The fourth-order valence-corrected chi connectivity index (χ4v) is 3.74. The molecule has 0 aromatic carbocycles. The molecule has 2 aliphatic rings. The number of Topliss-reactive ketones (excluding diaryl/α,β-unsaturated/α-hetero) is 1. The van der Waals surface area contributed by atoms with Crippen molar-refractivity contribution < 1.29 is 4.79 Å². The van der Waals surface area contributed by atoms with Crippen LogP contribution < -0.4 is 5.32 Å². The van der Waals surface area contributed by atoms with Crippen molar-refractivity contribution in [2.75, 3.05) is 0 Å². The van der Waals surface area contributed by atoms with Gasteiger partial charge in [-0.05, 0) is 30.4 Å². The zero-order valence-electron chi connectivity index (χ0n) is 13.4. The number of allylic oxidation sites excluding steroid dienone is 4. The molecule has 1 aliphatic carbocycles. The number of hydrogen-bond acceptors (Lipinski definition) is 4. The van der Waals surface area contributed by atoms with Crippen LogP contribution in [-0.4, -0.2) is 10.8 Å². The first-order valence-electron chi connectivity index (χ1n) is 7.57. The number of nitriles is 1. The summed E-state index contributed by atoms with van der Waals surface area (Å²) < 4.78 is 0. The predicted octanol–water partition coefficient (Wildman–Crippen LogP) is 3.86.